The molecule has 2 atom stereocenters. The van der Waals surface area contributed by atoms with E-state index in [-0.39, 0.29) is 11.9 Å². The number of ether oxygens (including phenoxy) is 2. The van der Waals surface area contributed by atoms with E-state index in [1.165, 1.54) is 0 Å². The van der Waals surface area contributed by atoms with Crippen molar-refractivity contribution in [3.05, 3.63) is 59.7 Å². The standard InChI is InChI=1S/C20H25NO3/c1-5-17(24-18-12-8-6-10-14(18)2)20(22)21-15(3)16-11-7-9-13-19(16)23-4/h6-13,15,17H,5H2,1-4H3,(H,21,22)/t15-,17-/m1/s1. The first-order valence-electron chi connectivity index (χ1n) is 8.22. The average molecular weight is 327 g/mol. The third kappa shape index (κ3) is 4.28. The van der Waals surface area contributed by atoms with Crippen molar-refractivity contribution in [2.24, 2.45) is 0 Å². The van der Waals surface area contributed by atoms with Crippen LogP contribution in [-0.4, -0.2) is 19.1 Å². The van der Waals surface area contributed by atoms with Crippen LogP contribution in [0.1, 0.15) is 37.4 Å². The first kappa shape index (κ1) is 17.9. The number of hydrogen-bond donors (Lipinski definition) is 1. The number of carbonyl (C=O) groups is 1. The summed E-state index contributed by atoms with van der Waals surface area (Å²) in [5.74, 6) is 1.38. The van der Waals surface area contributed by atoms with Gasteiger partial charge in [0, 0.05) is 5.56 Å². The summed E-state index contributed by atoms with van der Waals surface area (Å²) in [7, 11) is 1.63. The quantitative estimate of drug-likeness (QED) is 0.835. The van der Waals surface area contributed by atoms with Crippen LogP contribution in [0.15, 0.2) is 48.5 Å². The highest BCUT2D eigenvalue weighted by molar-refractivity contribution is 5.81. The highest BCUT2D eigenvalue weighted by Gasteiger charge is 2.22. The maximum absolute atomic E-state index is 12.6. The maximum atomic E-state index is 12.6. The van der Waals surface area contributed by atoms with E-state index in [0.717, 1.165) is 22.6 Å². The van der Waals surface area contributed by atoms with Crippen LogP contribution in [0.4, 0.5) is 0 Å². The smallest absolute Gasteiger partial charge is 0.261 e. The summed E-state index contributed by atoms with van der Waals surface area (Å²) < 4.78 is 11.3. The number of aryl methyl sites for hydroxylation is 1. The number of hydrogen-bond acceptors (Lipinski definition) is 3. The fourth-order valence-electron chi connectivity index (χ4n) is 2.57. The Morgan fingerprint density at radius 2 is 1.71 bits per heavy atom. The Morgan fingerprint density at radius 3 is 2.33 bits per heavy atom. The molecule has 128 valence electrons. The molecule has 0 bridgehead atoms. The molecule has 0 heterocycles. The fourth-order valence-corrected chi connectivity index (χ4v) is 2.57. The van der Waals surface area contributed by atoms with Gasteiger partial charge in [-0.25, -0.2) is 0 Å². The number of benzene rings is 2. The van der Waals surface area contributed by atoms with Crippen LogP contribution in [0.25, 0.3) is 0 Å². The predicted octanol–water partition coefficient (Wildman–Crippen LogP) is 4.04. The molecular weight excluding hydrogens is 302 g/mol. The van der Waals surface area contributed by atoms with Gasteiger partial charge in [-0.3, -0.25) is 4.79 Å². The molecule has 2 aromatic carbocycles. The molecule has 0 unspecified atom stereocenters. The summed E-state index contributed by atoms with van der Waals surface area (Å²) in [4.78, 5) is 12.6. The molecule has 0 fully saturated rings. The highest BCUT2D eigenvalue weighted by Crippen LogP contribution is 2.25. The molecule has 0 aromatic heterocycles. The molecule has 4 nitrogen and oxygen atoms in total. The van der Waals surface area contributed by atoms with Crippen LogP contribution in [0.3, 0.4) is 0 Å². The van der Waals surface area contributed by atoms with E-state index in [9.17, 15) is 4.79 Å². The summed E-state index contributed by atoms with van der Waals surface area (Å²) in [6, 6.07) is 15.2. The van der Waals surface area contributed by atoms with Crippen molar-refractivity contribution in [2.75, 3.05) is 7.11 Å². The van der Waals surface area contributed by atoms with Gasteiger partial charge in [0.25, 0.3) is 5.91 Å². The molecule has 0 aliphatic rings. The molecule has 0 spiro atoms. The van der Waals surface area contributed by atoms with Crippen LogP contribution in [-0.2, 0) is 4.79 Å². The second-order valence-electron chi connectivity index (χ2n) is 5.75. The summed E-state index contributed by atoms with van der Waals surface area (Å²) in [6.07, 6.45) is 0.0713. The van der Waals surface area contributed by atoms with E-state index in [1.807, 2.05) is 69.3 Å². The number of rotatable bonds is 7. The van der Waals surface area contributed by atoms with Crippen LogP contribution in [0.5, 0.6) is 11.5 Å². The van der Waals surface area contributed by atoms with E-state index in [0.29, 0.717) is 6.42 Å². The molecule has 2 rings (SSSR count). The van der Waals surface area contributed by atoms with Crippen molar-refractivity contribution >= 4 is 5.91 Å². The van der Waals surface area contributed by atoms with Crippen molar-refractivity contribution in [2.45, 2.75) is 39.3 Å². The lowest BCUT2D eigenvalue weighted by Gasteiger charge is -2.22. The van der Waals surface area contributed by atoms with Gasteiger partial charge in [0.05, 0.1) is 13.2 Å². The molecule has 0 aliphatic carbocycles. The van der Waals surface area contributed by atoms with Gasteiger partial charge in [-0.15, -0.1) is 0 Å². The summed E-state index contributed by atoms with van der Waals surface area (Å²) >= 11 is 0. The highest BCUT2D eigenvalue weighted by atomic mass is 16.5. The van der Waals surface area contributed by atoms with E-state index < -0.39 is 6.10 Å². The van der Waals surface area contributed by atoms with Gasteiger partial charge in [-0.1, -0.05) is 43.3 Å². The van der Waals surface area contributed by atoms with Crippen molar-refractivity contribution in [1.82, 2.24) is 5.32 Å². The number of methoxy groups -OCH3 is 1. The van der Waals surface area contributed by atoms with Gasteiger partial charge in [-0.05, 0) is 38.0 Å². The normalized spacial score (nSPS) is 13.0. The van der Waals surface area contributed by atoms with Crippen molar-refractivity contribution in [3.8, 4) is 11.5 Å². The topological polar surface area (TPSA) is 47.6 Å². The van der Waals surface area contributed by atoms with Crippen LogP contribution >= 0.6 is 0 Å². The molecule has 1 N–H and O–H groups in total. The Hall–Kier alpha value is -2.49. The second-order valence-corrected chi connectivity index (χ2v) is 5.75. The SMILES string of the molecule is CC[C@@H](Oc1ccccc1C)C(=O)N[C@H](C)c1ccccc1OC. The predicted molar refractivity (Wildman–Crippen MR) is 95.4 cm³/mol. The zero-order chi connectivity index (χ0) is 17.5. The molecule has 4 heteroatoms. The van der Waals surface area contributed by atoms with Crippen molar-refractivity contribution in [3.63, 3.8) is 0 Å². The molecule has 0 aliphatic heterocycles. The lowest BCUT2D eigenvalue weighted by atomic mass is 10.1. The number of nitrogens with one attached hydrogen (secondary N) is 1. The molecule has 1 amide bonds. The van der Waals surface area contributed by atoms with Gasteiger partial charge in [0.1, 0.15) is 11.5 Å². The van der Waals surface area contributed by atoms with Crippen LogP contribution < -0.4 is 14.8 Å². The molecule has 0 saturated carbocycles. The molecule has 2 aromatic rings. The number of carbonyl (C=O) groups excluding carboxylic acids is 1. The van der Waals surface area contributed by atoms with Crippen molar-refractivity contribution < 1.29 is 14.3 Å². The van der Waals surface area contributed by atoms with Gasteiger partial charge < -0.3 is 14.8 Å². The fraction of sp³-hybridized carbons (Fsp3) is 0.350. The average Bonchev–Trinajstić information content (AvgIpc) is 2.60. The van der Waals surface area contributed by atoms with E-state index >= 15 is 0 Å². The Balaban J connectivity index is 2.07. The van der Waals surface area contributed by atoms with E-state index in [1.54, 1.807) is 7.11 Å². The molecule has 0 radical (unpaired) electrons. The minimum absolute atomic E-state index is 0.126. The monoisotopic (exact) mass is 327 g/mol. The van der Waals surface area contributed by atoms with Crippen molar-refractivity contribution in [1.29, 1.82) is 0 Å². The Labute approximate surface area is 143 Å². The Kier molecular flexibility index (Phi) is 6.24. The third-order valence-corrected chi connectivity index (χ3v) is 3.99. The summed E-state index contributed by atoms with van der Waals surface area (Å²) in [5.41, 5.74) is 1.96. The third-order valence-electron chi connectivity index (χ3n) is 3.99. The van der Waals surface area contributed by atoms with Gasteiger partial charge in [0.2, 0.25) is 0 Å². The largest absolute Gasteiger partial charge is 0.496 e. The van der Waals surface area contributed by atoms with E-state index in [2.05, 4.69) is 5.32 Å². The number of amides is 1. The Morgan fingerprint density at radius 1 is 1.08 bits per heavy atom. The Bertz CT molecular complexity index is 684. The zero-order valence-corrected chi connectivity index (χ0v) is 14.7. The number of para-hydroxylation sites is 2. The minimum Gasteiger partial charge on any atom is -0.496 e. The molecule has 24 heavy (non-hydrogen) atoms. The van der Waals surface area contributed by atoms with Gasteiger partial charge >= 0.3 is 0 Å². The van der Waals surface area contributed by atoms with Crippen LogP contribution in [0, 0.1) is 6.92 Å². The zero-order valence-electron chi connectivity index (χ0n) is 14.7. The summed E-state index contributed by atoms with van der Waals surface area (Å²) in [5, 5.41) is 3.02. The van der Waals surface area contributed by atoms with E-state index in [4.69, 9.17) is 9.47 Å². The van der Waals surface area contributed by atoms with Crippen LogP contribution in [0.2, 0.25) is 0 Å². The van der Waals surface area contributed by atoms with Gasteiger partial charge in [-0.2, -0.15) is 0 Å². The maximum Gasteiger partial charge on any atom is 0.261 e. The first-order valence-corrected chi connectivity index (χ1v) is 8.22. The molecule has 0 saturated heterocycles. The first-order chi connectivity index (χ1) is 11.6. The minimum atomic E-state index is -0.525. The second kappa shape index (κ2) is 8.39. The lowest BCUT2D eigenvalue weighted by Crippen LogP contribution is -2.39. The molecular formula is C20H25NO3. The van der Waals surface area contributed by atoms with Gasteiger partial charge in [0.15, 0.2) is 6.10 Å². The lowest BCUT2D eigenvalue weighted by molar-refractivity contribution is -0.128. The summed E-state index contributed by atoms with van der Waals surface area (Å²) in [6.45, 7) is 5.85.